The summed E-state index contributed by atoms with van der Waals surface area (Å²) in [6.07, 6.45) is -0.521. The number of hydrogen-bond donors (Lipinski definition) is 2. The van der Waals surface area contributed by atoms with Gasteiger partial charge >= 0.3 is 0 Å². The summed E-state index contributed by atoms with van der Waals surface area (Å²) in [6.45, 7) is 0.755. The van der Waals surface area contributed by atoms with Gasteiger partial charge in [0.05, 0.1) is 18.4 Å². The van der Waals surface area contributed by atoms with E-state index in [4.69, 9.17) is 4.74 Å². The molecule has 2 N–H and O–H groups in total. The van der Waals surface area contributed by atoms with Crippen molar-refractivity contribution in [3.63, 3.8) is 0 Å². The number of methoxy groups -OCH3 is 1. The summed E-state index contributed by atoms with van der Waals surface area (Å²) in [6, 6.07) is 3.88. The van der Waals surface area contributed by atoms with Gasteiger partial charge in [0.15, 0.2) is 0 Å². The summed E-state index contributed by atoms with van der Waals surface area (Å²) in [7, 11) is 1.56. The Morgan fingerprint density at radius 1 is 1.31 bits per heavy atom. The van der Waals surface area contributed by atoms with Crippen LogP contribution in [0.4, 0.5) is 5.69 Å². The third-order valence-electron chi connectivity index (χ3n) is 1.88. The Hall–Kier alpha value is 0.380. The summed E-state index contributed by atoms with van der Waals surface area (Å²) in [5.41, 5.74) is 0.915. The standard InChI is InChI=1S/C10H12Br3NO2/c1-16-5-7(15)4-14-10-8(12)2-6(11)3-9(10)13/h2-3,7,14-15H,4-5H2,1H3. The van der Waals surface area contributed by atoms with Crippen LogP contribution in [0, 0.1) is 0 Å². The SMILES string of the molecule is COCC(O)CNc1c(Br)cc(Br)cc1Br. The molecular formula is C10H12Br3NO2. The number of nitrogens with one attached hydrogen (secondary N) is 1. The van der Waals surface area contributed by atoms with E-state index in [2.05, 4.69) is 53.1 Å². The van der Waals surface area contributed by atoms with E-state index in [1.54, 1.807) is 7.11 Å². The molecule has 0 fully saturated rings. The van der Waals surface area contributed by atoms with Gasteiger partial charge in [-0.25, -0.2) is 0 Å². The number of aliphatic hydroxyl groups excluding tert-OH is 1. The van der Waals surface area contributed by atoms with Crippen LogP contribution >= 0.6 is 47.8 Å². The Bertz CT molecular complexity index is 337. The lowest BCUT2D eigenvalue weighted by atomic mass is 10.3. The van der Waals surface area contributed by atoms with Crippen molar-refractivity contribution in [2.24, 2.45) is 0 Å². The van der Waals surface area contributed by atoms with Gasteiger partial charge in [0.2, 0.25) is 0 Å². The van der Waals surface area contributed by atoms with Crippen molar-refractivity contribution in [2.75, 3.05) is 25.6 Å². The molecule has 0 spiro atoms. The summed E-state index contributed by atoms with van der Waals surface area (Å²) in [5, 5.41) is 12.7. The fourth-order valence-electron chi connectivity index (χ4n) is 1.18. The van der Waals surface area contributed by atoms with Gasteiger partial charge in [-0.3, -0.25) is 0 Å². The highest BCUT2D eigenvalue weighted by molar-refractivity contribution is 9.11. The van der Waals surface area contributed by atoms with E-state index in [1.807, 2.05) is 12.1 Å². The zero-order chi connectivity index (χ0) is 12.1. The topological polar surface area (TPSA) is 41.5 Å². The van der Waals surface area contributed by atoms with Gasteiger partial charge < -0.3 is 15.2 Å². The zero-order valence-corrected chi connectivity index (χ0v) is 13.4. The van der Waals surface area contributed by atoms with Crippen LogP contribution in [-0.2, 0) is 4.74 Å². The predicted molar refractivity (Wildman–Crippen MR) is 75.9 cm³/mol. The quantitative estimate of drug-likeness (QED) is 0.771. The maximum Gasteiger partial charge on any atom is 0.0945 e. The largest absolute Gasteiger partial charge is 0.389 e. The van der Waals surface area contributed by atoms with Crippen LogP contribution < -0.4 is 5.32 Å². The Labute approximate surface area is 120 Å². The second-order valence-electron chi connectivity index (χ2n) is 3.23. The van der Waals surface area contributed by atoms with Crippen LogP contribution in [0.3, 0.4) is 0 Å². The molecule has 1 unspecified atom stereocenters. The molecular weight excluding hydrogens is 406 g/mol. The molecule has 0 aliphatic heterocycles. The van der Waals surface area contributed by atoms with Crippen LogP contribution in [0.25, 0.3) is 0 Å². The van der Waals surface area contributed by atoms with E-state index in [0.29, 0.717) is 13.2 Å². The molecule has 0 aliphatic carbocycles. The number of anilines is 1. The Kier molecular flexibility index (Phi) is 6.28. The smallest absolute Gasteiger partial charge is 0.0945 e. The van der Waals surface area contributed by atoms with Gasteiger partial charge in [0.25, 0.3) is 0 Å². The van der Waals surface area contributed by atoms with Gasteiger partial charge in [-0.05, 0) is 44.0 Å². The fraction of sp³-hybridized carbons (Fsp3) is 0.400. The van der Waals surface area contributed by atoms with Crippen molar-refractivity contribution in [1.29, 1.82) is 0 Å². The summed E-state index contributed by atoms with van der Waals surface area (Å²) >= 11 is 10.3. The van der Waals surface area contributed by atoms with Gasteiger partial charge in [-0.15, -0.1) is 0 Å². The minimum atomic E-state index is -0.521. The predicted octanol–water partition coefficient (Wildman–Crippen LogP) is 3.39. The molecule has 1 aromatic carbocycles. The Morgan fingerprint density at radius 2 is 1.88 bits per heavy atom. The number of halogens is 3. The van der Waals surface area contributed by atoms with Crippen molar-refractivity contribution in [3.8, 4) is 0 Å². The molecule has 90 valence electrons. The fourth-order valence-corrected chi connectivity index (χ4v) is 3.72. The third-order valence-corrected chi connectivity index (χ3v) is 3.59. The lowest BCUT2D eigenvalue weighted by Gasteiger charge is -2.14. The highest BCUT2D eigenvalue weighted by atomic mass is 79.9. The molecule has 6 heteroatoms. The normalized spacial score (nSPS) is 12.6. The maximum absolute atomic E-state index is 9.52. The van der Waals surface area contributed by atoms with Gasteiger partial charge in [0.1, 0.15) is 0 Å². The minimum Gasteiger partial charge on any atom is -0.389 e. The van der Waals surface area contributed by atoms with Crippen molar-refractivity contribution < 1.29 is 9.84 Å². The lowest BCUT2D eigenvalue weighted by molar-refractivity contribution is 0.0727. The first kappa shape index (κ1) is 14.4. The first-order chi connectivity index (χ1) is 7.54. The second kappa shape index (κ2) is 6.96. The van der Waals surface area contributed by atoms with Crippen molar-refractivity contribution >= 4 is 53.5 Å². The highest BCUT2D eigenvalue weighted by Gasteiger charge is 2.09. The Morgan fingerprint density at radius 3 is 2.38 bits per heavy atom. The van der Waals surface area contributed by atoms with E-state index < -0.39 is 6.10 Å². The van der Waals surface area contributed by atoms with Gasteiger partial charge in [-0.1, -0.05) is 15.9 Å². The van der Waals surface area contributed by atoms with E-state index in [9.17, 15) is 5.11 Å². The van der Waals surface area contributed by atoms with Gasteiger partial charge in [0, 0.05) is 27.1 Å². The van der Waals surface area contributed by atoms with Crippen molar-refractivity contribution in [1.82, 2.24) is 0 Å². The second-order valence-corrected chi connectivity index (χ2v) is 5.86. The minimum absolute atomic E-state index is 0.318. The van der Waals surface area contributed by atoms with Crippen LogP contribution in [0.1, 0.15) is 0 Å². The number of aliphatic hydroxyl groups is 1. The monoisotopic (exact) mass is 415 g/mol. The molecule has 0 heterocycles. The van der Waals surface area contributed by atoms with E-state index in [0.717, 1.165) is 19.1 Å². The van der Waals surface area contributed by atoms with Gasteiger partial charge in [-0.2, -0.15) is 0 Å². The molecule has 16 heavy (non-hydrogen) atoms. The molecule has 0 aliphatic rings. The number of rotatable bonds is 5. The first-order valence-corrected chi connectivity index (χ1v) is 6.98. The summed E-state index contributed by atoms with van der Waals surface area (Å²) in [4.78, 5) is 0. The van der Waals surface area contributed by atoms with E-state index in [1.165, 1.54) is 0 Å². The summed E-state index contributed by atoms with van der Waals surface area (Å²) < 4.78 is 7.69. The van der Waals surface area contributed by atoms with Crippen LogP contribution in [-0.4, -0.2) is 31.5 Å². The number of ether oxygens (including phenoxy) is 1. The van der Waals surface area contributed by atoms with Crippen molar-refractivity contribution in [3.05, 3.63) is 25.6 Å². The van der Waals surface area contributed by atoms with Crippen LogP contribution in [0.5, 0.6) is 0 Å². The lowest BCUT2D eigenvalue weighted by Crippen LogP contribution is -2.24. The molecule has 3 nitrogen and oxygen atoms in total. The van der Waals surface area contributed by atoms with E-state index in [-0.39, 0.29) is 0 Å². The molecule has 0 aromatic heterocycles. The molecule has 0 amide bonds. The van der Waals surface area contributed by atoms with Crippen molar-refractivity contribution in [2.45, 2.75) is 6.10 Å². The number of benzene rings is 1. The maximum atomic E-state index is 9.52. The zero-order valence-electron chi connectivity index (χ0n) is 8.64. The Balaban J connectivity index is 2.67. The molecule has 1 aromatic rings. The first-order valence-electron chi connectivity index (χ1n) is 4.60. The van der Waals surface area contributed by atoms with Crippen LogP contribution in [0.15, 0.2) is 25.6 Å². The van der Waals surface area contributed by atoms with E-state index >= 15 is 0 Å². The molecule has 1 atom stereocenters. The molecule has 0 radical (unpaired) electrons. The van der Waals surface area contributed by atoms with Crippen LogP contribution in [0.2, 0.25) is 0 Å². The third kappa shape index (κ3) is 4.33. The molecule has 0 bridgehead atoms. The molecule has 0 saturated heterocycles. The summed E-state index contributed by atoms with van der Waals surface area (Å²) in [5.74, 6) is 0. The average Bonchev–Trinajstić information content (AvgIpc) is 2.16. The molecule has 0 saturated carbocycles. The highest BCUT2D eigenvalue weighted by Crippen LogP contribution is 2.34. The molecule has 1 rings (SSSR count). The number of hydrogen-bond acceptors (Lipinski definition) is 3. The average molecular weight is 418 g/mol.